The van der Waals surface area contributed by atoms with Crippen LogP contribution in [0.2, 0.25) is 0 Å². The van der Waals surface area contributed by atoms with Crippen molar-refractivity contribution in [2.24, 2.45) is 0 Å². The Balaban J connectivity index is 2.86. The van der Waals surface area contributed by atoms with Gasteiger partial charge in [-0.25, -0.2) is 0 Å². The second kappa shape index (κ2) is 7.56. The van der Waals surface area contributed by atoms with Gasteiger partial charge < -0.3 is 5.11 Å². The van der Waals surface area contributed by atoms with Crippen molar-refractivity contribution in [1.82, 2.24) is 0 Å². The number of rotatable bonds is 8. The maximum atomic E-state index is 10.4. The van der Waals surface area contributed by atoms with E-state index in [-0.39, 0.29) is 40.5 Å². The molecule has 2 unspecified atom stereocenters. The zero-order chi connectivity index (χ0) is 16.0. The number of nitrogens with zero attached hydrogens (tertiary/aromatic N) is 2. The highest BCUT2D eigenvalue weighted by Gasteiger charge is 2.19. The Kier molecular flexibility index (Phi) is 6.08. The summed E-state index contributed by atoms with van der Waals surface area (Å²) in [4.78, 5) is 20.1. The van der Waals surface area contributed by atoms with Gasteiger partial charge in [0.25, 0.3) is 0 Å². The molecule has 0 bridgehead atoms. The molecule has 0 amide bonds. The van der Waals surface area contributed by atoms with Gasteiger partial charge in [-0.15, -0.1) is 0 Å². The van der Waals surface area contributed by atoms with E-state index in [1.807, 2.05) is 13.8 Å². The molecule has 0 radical (unpaired) electrons. The lowest BCUT2D eigenvalue weighted by Crippen LogP contribution is -2.08. The Hall–Kier alpha value is -2.18. The van der Waals surface area contributed by atoms with Gasteiger partial charge in [0.1, 0.15) is 5.75 Å². The smallest absolute Gasteiger partial charge is 0.204 e. The van der Waals surface area contributed by atoms with E-state index in [2.05, 4.69) is 0 Å². The predicted molar refractivity (Wildman–Crippen MR) is 77.9 cm³/mol. The summed E-state index contributed by atoms with van der Waals surface area (Å²) < 4.78 is 0. The number of phenolic OH excluding ortho intramolecular Hbond substituents is 1. The van der Waals surface area contributed by atoms with Gasteiger partial charge in [0.2, 0.25) is 13.1 Å². The molecule has 0 saturated carbocycles. The van der Waals surface area contributed by atoms with Crippen LogP contribution in [0.3, 0.4) is 0 Å². The van der Waals surface area contributed by atoms with Gasteiger partial charge in [0, 0.05) is 22.7 Å². The van der Waals surface area contributed by atoms with Crippen LogP contribution in [0.4, 0.5) is 0 Å². The van der Waals surface area contributed by atoms with E-state index in [1.54, 1.807) is 18.2 Å². The topological polar surface area (TPSA) is 107 Å². The molecule has 7 nitrogen and oxygen atoms in total. The average Bonchev–Trinajstić information content (AvgIpc) is 2.42. The Morgan fingerprint density at radius 2 is 1.38 bits per heavy atom. The first-order chi connectivity index (χ1) is 9.82. The first-order valence-corrected chi connectivity index (χ1v) is 6.88. The Labute approximate surface area is 122 Å². The van der Waals surface area contributed by atoms with Crippen molar-refractivity contribution < 1.29 is 15.0 Å². The molecule has 1 N–H and O–H groups in total. The third-order valence-corrected chi connectivity index (χ3v) is 3.65. The van der Waals surface area contributed by atoms with Gasteiger partial charge in [0.05, 0.1) is 0 Å². The maximum Gasteiger partial charge on any atom is 0.204 e. The molecule has 0 aliphatic carbocycles. The van der Waals surface area contributed by atoms with Crippen molar-refractivity contribution in [2.45, 2.75) is 38.5 Å². The molecule has 1 aromatic rings. The van der Waals surface area contributed by atoms with Gasteiger partial charge in [-0.1, -0.05) is 32.0 Å². The summed E-state index contributed by atoms with van der Waals surface area (Å²) in [6.07, 6.45) is 0.681. The maximum absolute atomic E-state index is 10.4. The number of nitro groups is 2. The van der Waals surface area contributed by atoms with Crippen LogP contribution < -0.4 is 0 Å². The molecule has 116 valence electrons. The fraction of sp³-hybridized carbons (Fsp3) is 0.571. The van der Waals surface area contributed by atoms with E-state index < -0.39 is 0 Å². The number of hydrogen-bond acceptors (Lipinski definition) is 5. The predicted octanol–water partition coefficient (Wildman–Crippen LogP) is 2.93. The minimum atomic E-state index is -0.378. The molecular formula is C14H20N2O5. The Morgan fingerprint density at radius 1 is 1.00 bits per heavy atom. The number of hydrogen-bond donors (Lipinski definition) is 1. The van der Waals surface area contributed by atoms with Crippen LogP contribution in [-0.4, -0.2) is 28.0 Å². The minimum absolute atomic E-state index is 0.101. The van der Waals surface area contributed by atoms with Crippen molar-refractivity contribution in [3.8, 4) is 5.75 Å². The quantitative estimate of drug-likeness (QED) is 0.586. The molecule has 2 atom stereocenters. The normalized spacial score (nSPS) is 13.6. The fourth-order valence-corrected chi connectivity index (χ4v) is 2.28. The Morgan fingerprint density at radius 3 is 1.71 bits per heavy atom. The molecule has 1 aromatic carbocycles. The molecule has 7 heteroatoms. The minimum Gasteiger partial charge on any atom is -0.507 e. The number of phenols is 1. The van der Waals surface area contributed by atoms with Crippen molar-refractivity contribution in [2.75, 3.05) is 13.1 Å². The van der Waals surface area contributed by atoms with Crippen molar-refractivity contribution in [3.05, 3.63) is 49.6 Å². The SMILES string of the molecule is CC(CC[N+](=O)[O-])c1cccc(C(C)CC[N+](=O)[O-])c1O. The fourth-order valence-electron chi connectivity index (χ4n) is 2.28. The van der Waals surface area contributed by atoms with Crippen LogP contribution in [-0.2, 0) is 0 Å². The van der Waals surface area contributed by atoms with Crippen molar-refractivity contribution in [1.29, 1.82) is 0 Å². The second-order valence-corrected chi connectivity index (χ2v) is 5.28. The van der Waals surface area contributed by atoms with Crippen LogP contribution >= 0.6 is 0 Å². The molecule has 1 rings (SSSR count). The molecule has 0 saturated heterocycles. The lowest BCUT2D eigenvalue weighted by molar-refractivity contribution is -0.480. The van der Waals surface area contributed by atoms with E-state index in [0.29, 0.717) is 24.0 Å². The zero-order valence-electron chi connectivity index (χ0n) is 12.2. The molecular weight excluding hydrogens is 276 g/mol. The molecule has 0 heterocycles. The summed E-state index contributed by atoms with van der Waals surface area (Å²) in [6.45, 7) is 3.34. The number of aromatic hydroxyl groups is 1. The van der Waals surface area contributed by atoms with E-state index in [9.17, 15) is 25.3 Å². The average molecular weight is 296 g/mol. The summed E-state index contributed by atoms with van der Waals surface area (Å²) in [6, 6.07) is 5.25. The van der Waals surface area contributed by atoms with Gasteiger partial charge in [-0.05, 0) is 23.0 Å². The number of benzene rings is 1. The van der Waals surface area contributed by atoms with E-state index >= 15 is 0 Å². The highest BCUT2D eigenvalue weighted by atomic mass is 16.6. The molecule has 21 heavy (non-hydrogen) atoms. The zero-order valence-corrected chi connectivity index (χ0v) is 12.2. The van der Waals surface area contributed by atoms with Gasteiger partial charge in [-0.3, -0.25) is 20.2 Å². The van der Waals surface area contributed by atoms with E-state index in [4.69, 9.17) is 0 Å². The summed E-state index contributed by atoms with van der Waals surface area (Å²) >= 11 is 0. The lowest BCUT2D eigenvalue weighted by atomic mass is 9.89. The van der Waals surface area contributed by atoms with Crippen LogP contribution in [0.1, 0.15) is 49.7 Å². The molecule has 0 aliphatic rings. The van der Waals surface area contributed by atoms with E-state index in [0.717, 1.165) is 0 Å². The van der Waals surface area contributed by atoms with Crippen molar-refractivity contribution in [3.63, 3.8) is 0 Å². The third-order valence-electron chi connectivity index (χ3n) is 3.65. The van der Waals surface area contributed by atoms with Crippen LogP contribution in [0, 0.1) is 20.2 Å². The summed E-state index contributed by atoms with van der Waals surface area (Å²) in [5.74, 6) is -0.180. The summed E-state index contributed by atoms with van der Waals surface area (Å²) in [7, 11) is 0. The second-order valence-electron chi connectivity index (χ2n) is 5.28. The first-order valence-electron chi connectivity index (χ1n) is 6.88. The van der Waals surface area contributed by atoms with Crippen LogP contribution in [0.5, 0.6) is 5.75 Å². The molecule has 0 spiro atoms. The monoisotopic (exact) mass is 296 g/mol. The van der Waals surface area contributed by atoms with Gasteiger partial charge in [0.15, 0.2) is 0 Å². The first kappa shape index (κ1) is 16.9. The summed E-state index contributed by atoms with van der Waals surface area (Å²) in [5.41, 5.74) is 1.31. The number of para-hydroxylation sites is 1. The lowest BCUT2D eigenvalue weighted by Gasteiger charge is -2.17. The third kappa shape index (κ3) is 5.02. The standard InChI is InChI=1S/C14H20N2O5/c1-10(6-8-15(18)19)12-4-3-5-13(14(12)17)11(2)7-9-16(20)21/h3-5,10-11,17H,6-9H2,1-2H3. The van der Waals surface area contributed by atoms with E-state index in [1.165, 1.54) is 0 Å². The summed E-state index contributed by atoms with van der Waals surface area (Å²) in [5, 5.41) is 31.2. The molecule has 0 aromatic heterocycles. The van der Waals surface area contributed by atoms with Gasteiger partial charge >= 0.3 is 0 Å². The highest BCUT2D eigenvalue weighted by molar-refractivity contribution is 5.44. The highest BCUT2D eigenvalue weighted by Crippen LogP contribution is 2.35. The van der Waals surface area contributed by atoms with Crippen LogP contribution in [0.25, 0.3) is 0 Å². The van der Waals surface area contributed by atoms with Crippen molar-refractivity contribution >= 4 is 0 Å². The largest absolute Gasteiger partial charge is 0.507 e. The van der Waals surface area contributed by atoms with Gasteiger partial charge in [-0.2, -0.15) is 0 Å². The Bertz CT molecular complexity index is 476. The van der Waals surface area contributed by atoms with Crippen LogP contribution in [0.15, 0.2) is 18.2 Å². The molecule has 0 fully saturated rings. The molecule has 0 aliphatic heterocycles.